The van der Waals surface area contributed by atoms with Gasteiger partial charge in [-0.1, -0.05) is 65.1 Å². The molecule has 0 aromatic heterocycles. The average molecular weight is 478 g/mol. The van der Waals surface area contributed by atoms with Crippen molar-refractivity contribution in [3.05, 3.63) is 69.3 Å². The first-order valence-corrected chi connectivity index (χ1v) is 8.39. The highest BCUT2D eigenvalue weighted by Gasteiger charge is 2.18. The molecule has 0 amide bonds. The Morgan fingerprint density at radius 3 is 2.32 bits per heavy atom. The van der Waals surface area contributed by atoms with Crippen LogP contribution in [0, 0.1) is 3.57 Å². The number of hydrogen-bond acceptors (Lipinski definition) is 2. The molecule has 0 saturated carbocycles. The lowest BCUT2D eigenvalue weighted by atomic mass is 10.1. The van der Waals surface area contributed by atoms with E-state index in [1.165, 1.54) is 0 Å². The molecule has 1 unspecified atom stereocenters. The fraction of sp³-hybridized carbons (Fsp3) is 0.133. The summed E-state index contributed by atoms with van der Waals surface area (Å²) in [5.74, 6) is -0.268. The standard InChI is InChI=1S/C15H12I2O2/c16-10-14(11-6-2-1-3-7-11)19-15(18)12-8-4-5-9-13(12)17/h1-9,14H,10H2. The molecule has 0 bridgehead atoms. The van der Waals surface area contributed by atoms with Crippen molar-refractivity contribution >= 4 is 51.2 Å². The van der Waals surface area contributed by atoms with E-state index in [0.717, 1.165) is 13.6 Å². The van der Waals surface area contributed by atoms with E-state index in [1.807, 2.05) is 48.5 Å². The lowest BCUT2D eigenvalue weighted by molar-refractivity contribution is 0.0352. The molecule has 2 nitrogen and oxygen atoms in total. The first-order chi connectivity index (χ1) is 9.22. The summed E-state index contributed by atoms with van der Waals surface area (Å²) < 4.78 is 7.24. The Kier molecular flexibility index (Phi) is 5.62. The van der Waals surface area contributed by atoms with Crippen molar-refractivity contribution in [3.8, 4) is 0 Å². The van der Waals surface area contributed by atoms with Crippen LogP contribution in [-0.2, 0) is 4.74 Å². The molecule has 0 saturated heterocycles. The lowest BCUT2D eigenvalue weighted by Crippen LogP contribution is -2.13. The summed E-state index contributed by atoms with van der Waals surface area (Å²) >= 11 is 4.38. The topological polar surface area (TPSA) is 26.3 Å². The van der Waals surface area contributed by atoms with Gasteiger partial charge in [-0.2, -0.15) is 0 Å². The van der Waals surface area contributed by atoms with Crippen molar-refractivity contribution in [1.29, 1.82) is 0 Å². The van der Waals surface area contributed by atoms with Gasteiger partial charge in [0, 0.05) is 8.00 Å². The van der Waals surface area contributed by atoms with Gasteiger partial charge in [0.05, 0.1) is 5.56 Å². The molecule has 0 aliphatic carbocycles. The molecule has 2 rings (SSSR count). The number of carbonyl (C=O) groups is 1. The van der Waals surface area contributed by atoms with Crippen molar-refractivity contribution in [2.45, 2.75) is 6.10 Å². The summed E-state index contributed by atoms with van der Waals surface area (Å²) in [7, 11) is 0. The molecule has 4 heteroatoms. The molecular weight excluding hydrogens is 466 g/mol. The second kappa shape index (κ2) is 7.23. The molecular formula is C15H12I2O2. The van der Waals surface area contributed by atoms with Crippen LogP contribution in [0.25, 0.3) is 0 Å². The first kappa shape index (κ1) is 14.8. The van der Waals surface area contributed by atoms with E-state index in [2.05, 4.69) is 45.2 Å². The van der Waals surface area contributed by atoms with Gasteiger partial charge in [0.2, 0.25) is 0 Å². The van der Waals surface area contributed by atoms with E-state index < -0.39 is 0 Å². The number of carbonyl (C=O) groups excluding carboxylic acids is 1. The van der Waals surface area contributed by atoms with Gasteiger partial charge in [0.1, 0.15) is 6.10 Å². The monoisotopic (exact) mass is 478 g/mol. The van der Waals surface area contributed by atoms with Gasteiger partial charge in [0.25, 0.3) is 0 Å². The first-order valence-electron chi connectivity index (χ1n) is 5.79. The van der Waals surface area contributed by atoms with Crippen LogP contribution in [0.4, 0.5) is 0 Å². The van der Waals surface area contributed by atoms with Gasteiger partial charge in [0.15, 0.2) is 0 Å². The van der Waals surface area contributed by atoms with E-state index in [4.69, 9.17) is 4.74 Å². The summed E-state index contributed by atoms with van der Waals surface area (Å²) in [5, 5.41) is 0. The second-order valence-electron chi connectivity index (χ2n) is 3.94. The third kappa shape index (κ3) is 3.92. The molecule has 1 atom stereocenters. The van der Waals surface area contributed by atoms with Crippen molar-refractivity contribution < 1.29 is 9.53 Å². The molecule has 0 aliphatic heterocycles. The summed E-state index contributed by atoms with van der Waals surface area (Å²) in [6.45, 7) is 0. The van der Waals surface area contributed by atoms with Crippen LogP contribution in [0.1, 0.15) is 22.0 Å². The maximum Gasteiger partial charge on any atom is 0.339 e. The average Bonchev–Trinajstić information content (AvgIpc) is 2.46. The molecule has 0 aliphatic rings. The smallest absolute Gasteiger partial charge is 0.339 e. The SMILES string of the molecule is O=C(OC(CI)c1ccccc1)c1ccccc1I. The van der Waals surface area contributed by atoms with Crippen LogP contribution in [-0.4, -0.2) is 10.4 Å². The van der Waals surface area contributed by atoms with Crippen molar-refractivity contribution in [3.63, 3.8) is 0 Å². The summed E-state index contributed by atoms with van der Waals surface area (Å²) in [4.78, 5) is 12.2. The Morgan fingerprint density at radius 1 is 1.05 bits per heavy atom. The quantitative estimate of drug-likeness (QED) is 0.365. The lowest BCUT2D eigenvalue weighted by Gasteiger charge is -2.16. The Bertz CT molecular complexity index is 555. The number of halogens is 2. The maximum atomic E-state index is 12.2. The number of benzene rings is 2. The Morgan fingerprint density at radius 2 is 1.68 bits per heavy atom. The van der Waals surface area contributed by atoms with E-state index in [1.54, 1.807) is 6.07 Å². The van der Waals surface area contributed by atoms with E-state index in [9.17, 15) is 4.79 Å². The van der Waals surface area contributed by atoms with Crippen molar-refractivity contribution in [2.24, 2.45) is 0 Å². The highest BCUT2D eigenvalue weighted by molar-refractivity contribution is 14.1. The van der Waals surface area contributed by atoms with E-state index in [-0.39, 0.29) is 12.1 Å². The maximum absolute atomic E-state index is 12.2. The zero-order chi connectivity index (χ0) is 13.7. The number of ether oxygens (including phenoxy) is 1. The summed E-state index contributed by atoms with van der Waals surface area (Å²) in [6, 6.07) is 17.3. The number of rotatable bonds is 4. The van der Waals surface area contributed by atoms with Gasteiger partial charge in [-0.05, 0) is 40.3 Å². The minimum Gasteiger partial charge on any atom is -0.453 e. The van der Waals surface area contributed by atoms with Crippen LogP contribution < -0.4 is 0 Å². The minimum atomic E-state index is -0.268. The molecule has 19 heavy (non-hydrogen) atoms. The zero-order valence-electron chi connectivity index (χ0n) is 10.1. The summed E-state index contributed by atoms with van der Waals surface area (Å²) in [5.41, 5.74) is 1.64. The fourth-order valence-corrected chi connectivity index (χ4v) is 2.97. The van der Waals surface area contributed by atoms with Crippen molar-refractivity contribution in [2.75, 3.05) is 4.43 Å². The predicted octanol–water partition coefficient (Wildman–Crippen LogP) is 4.62. The van der Waals surface area contributed by atoms with Crippen LogP contribution in [0.2, 0.25) is 0 Å². The van der Waals surface area contributed by atoms with Gasteiger partial charge in [-0.15, -0.1) is 0 Å². The molecule has 0 radical (unpaired) electrons. The molecule has 0 fully saturated rings. The van der Waals surface area contributed by atoms with E-state index in [0.29, 0.717) is 5.56 Å². The Hall–Kier alpha value is -0.630. The Labute approximate surface area is 139 Å². The number of esters is 1. The van der Waals surface area contributed by atoms with Gasteiger partial charge >= 0.3 is 5.97 Å². The zero-order valence-corrected chi connectivity index (χ0v) is 14.4. The van der Waals surface area contributed by atoms with E-state index >= 15 is 0 Å². The minimum absolute atomic E-state index is 0.203. The van der Waals surface area contributed by atoms with Gasteiger partial charge in [-0.25, -0.2) is 4.79 Å². The normalized spacial score (nSPS) is 11.9. The van der Waals surface area contributed by atoms with Crippen LogP contribution in [0.3, 0.4) is 0 Å². The fourth-order valence-electron chi connectivity index (χ4n) is 1.68. The third-order valence-electron chi connectivity index (χ3n) is 2.65. The van der Waals surface area contributed by atoms with Crippen LogP contribution in [0.15, 0.2) is 54.6 Å². The van der Waals surface area contributed by atoms with Gasteiger partial charge < -0.3 is 4.74 Å². The van der Waals surface area contributed by atoms with Crippen LogP contribution in [0.5, 0.6) is 0 Å². The second-order valence-corrected chi connectivity index (χ2v) is 5.98. The van der Waals surface area contributed by atoms with Crippen molar-refractivity contribution in [1.82, 2.24) is 0 Å². The molecule has 2 aromatic rings. The Balaban J connectivity index is 2.16. The number of alkyl halides is 1. The summed E-state index contributed by atoms with van der Waals surface area (Å²) in [6.07, 6.45) is -0.203. The number of hydrogen-bond donors (Lipinski definition) is 0. The predicted molar refractivity (Wildman–Crippen MR) is 92.6 cm³/mol. The highest BCUT2D eigenvalue weighted by Crippen LogP contribution is 2.22. The largest absolute Gasteiger partial charge is 0.453 e. The third-order valence-corrected chi connectivity index (χ3v) is 4.40. The molecule has 0 heterocycles. The van der Waals surface area contributed by atoms with Crippen LogP contribution >= 0.6 is 45.2 Å². The molecule has 0 N–H and O–H groups in total. The molecule has 0 spiro atoms. The molecule has 2 aromatic carbocycles. The highest BCUT2D eigenvalue weighted by atomic mass is 127. The van der Waals surface area contributed by atoms with Gasteiger partial charge in [-0.3, -0.25) is 0 Å². The molecule has 98 valence electrons.